The van der Waals surface area contributed by atoms with Gasteiger partial charge in [0.05, 0.1) is 5.54 Å². The van der Waals surface area contributed by atoms with E-state index in [1.807, 2.05) is 26.0 Å². The number of rotatable bonds is 2. The van der Waals surface area contributed by atoms with Crippen molar-refractivity contribution in [1.82, 2.24) is 0 Å². The maximum absolute atomic E-state index is 12.2. The molecule has 2 rings (SSSR count). The van der Waals surface area contributed by atoms with E-state index in [0.29, 0.717) is 0 Å². The van der Waals surface area contributed by atoms with Crippen molar-refractivity contribution in [2.45, 2.75) is 45.1 Å². The van der Waals surface area contributed by atoms with Gasteiger partial charge in [-0.25, -0.2) is 0 Å². The van der Waals surface area contributed by atoms with E-state index >= 15 is 0 Å². The van der Waals surface area contributed by atoms with Gasteiger partial charge in [0.1, 0.15) is 0 Å². The lowest BCUT2D eigenvalue weighted by molar-refractivity contribution is -0.121. The van der Waals surface area contributed by atoms with Crippen LogP contribution in [0.15, 0.2) is 16.6 Å². The second-order valence-electron chi connectivity index (χ2n) is 5.24. The van der Waals surface area contributed by atoms with Gasteiger partial charge in [0, 0.05) is 10.2 Å². The van der Waals surface area contributed by atoms with E-state index in [1.54, 1.807) is 0 Å². The van der Waals surface area contributed by atoms with Crippen molar-refractivity contribution in [1.29, 1.82) is 0 Å². The average Bonchev–Trinajstić information content (AvgIpc) is 2.74. The number of nitrogens with one attached hydrogen (secondary N) is 1. The first-order valence-electron chi connectivity index (χ1n) is 6.29. The third-order valence-corrected chi connectivity index (χ3v) is 4.89. The molecule has 3 N–H and O–H groups in total. The molecule has 1 aromatic carbocycles. The molecule has 0 unspecified atom stereocenters. The van der Waals surface area contributed by atoms with Gasteiger partial charge in [-0.15, -0.1) is 12.4 Å². The van der Waals surface area contributed by atoms with Crippen LogP contribution in [0, 0.1) is 13.8 Å². The molecule has 1 amide bonds. The first kappa shape index (κ1) is 16.5. The summed E-state index contributed by atoms with van der Waals surface area (Å²) in [4.78, 5) is 12.2. The Labute approximate surface area is 128 Å². The van der Waals surface area contributed by atoms with Crippen LogP contribution in [-0.4, -0.2) is 11.4 Å². The first-order chi connectivity index (χ1) is 8.42. The van der Waals surface area contributed by atoms with Gasteiger partial charge in [0.2, 0.25) is 5.91 Å². The number of benzene rings is 1. The number of carbonyl (C=O) groups is 1. The number of carbonyl (C=O) groups excluding carboxylic acids is 1. The molecule has 0 aliphatic heterocycles. The molecule has 0 saturated heterocycles. The number of amides is 1. The minimum absolute atomic E-state index is 0. The fourth-order valence-corrected chi connectivity index (χ4v) is 2.74. The third-order valence-electron chi connectivity index (χ3n) is 3.64. The Bertz CT molecular complexity index is 461. The molecule has 0 atom stereocenters. The predicted octanol–water partition coefficient (Wildman–Crippen LogP) is 3.70. The van der Waals surface area contributed by atoms with Crippen LogP contribution in [0.25, 0.3) is 0 Å². The van der Waals surface area contributed by atoms with Crippen LogP contribution in [0.5, 0.6) is 0 Å². The van der Waals surface area contributed by atoms with Crippen molar-refractivity contribution < 1.29 is 4.79 Å². The molecular formula is C14H20BrClN2O. The Kier molecular flexibility index (Phi) is 5.42. The topological polar surface area (TPSA) is 55.1 Å². The Morgan fingerprint density at radius 1 is 1.26 bits per heavy atom. The normalized spacial score (nSPS) is 16.8. The lowest BCUT2D eigenvalue weighted by atomic mass is 9.98. The molecule has 0 radical (unpaired) electrons. The number of hydrogen-bond donors (Lipinski definition) is 2. The third kappa shape index (κ3) is 3.50. The SMILES string of the molecule is Cc1cc(NC(=O)C2(N)CCCC2)cc(C)c1Br.Cl. The maximum atomic E-state index is 12.2. The molecule has 5 heteroatoms. The average molecular weight is 348 g/mol. The van der Waals surface area contributed by atoms with Crippen LogP contribution < -0.4 is 11.1 Å². The van der Waals surface area contributed by atoms with E-state index in [2.05, 4.69) is 21.2 Å². The predicted molar refractivity (Wildman–Crippen MR) is 84.9 cm³/mol. The standard InChI is InChI=1S/C14H19BrN2O.ClH/c1-9-7-11(8-10(2)12(9)15)17-13(18)14(16)5-3-4-6-14;/h7-8H,3-6,16H2,1-2H3,(H,17,18);1H. The highest BCUT2D eigenvalue weighted by atomic mass is 79.9. The van der Waals surface area contributed by atoms with Gasteiger partial charge in [-0.05, 0) is 49.9 Å². The van der Waals surface area contributed by atoms with Gasteiger partial charge in [-0.2, -0.15) is 0 Å². The van der Waals surface area contributed by atoms with Crippen LogP contribution in [0.2, 0.25) is 0 Å². The van der Waals surface area contributed by atoms with Crippen LogP contribution in [0.1, 0.15) is 36.8 Å². The molecule has 0 aromatic heterocycles. The van der Waals surface area contributed by atoms with E-state index in [-0.39, 0.29) is 18.3 Å². The van der Waals surface area contributed by atoms with Gasteiger partial charge in [-0.1, -0.05) is 28.8 Å². The van der Waals surface area contributed by atoms with Gasteiger partial charge in [-0.3, -0.25) is 4.79 Å². The summed E-state index contributed by atoms with van der Waals surface area (Å²) in [5.74, 6) is -0.0545. The van der Waals surface area contributed by atoms with Gasteiger partial charge >= 0.3 is 0 Å². The minimum atomic E-state index is -0.672. The summed E-state index contributed by atoms with van der Waals surface area (Å²) < 4.78 is 1.09. The van der Waals surface area contributed by atoms with Crippen molar-refractivity contribution in [2.75, 3.05) is 5.32 Å². The lowest BCUT2D eigenvalue weighted by Gasteiger charge is -2.22. The number of nitrogens with two attached hydrogens (primary N) is 1. The van der Waals surface area contributed by atoms with E-state index < -0.39 is 5.54 Å². The summed E-state index contributed by atoms with van der Waals surface area (Å²) in [7, 11) is 0. The van der Waals surface area contributed by atoms with Crippen molar-refractivity contribution in [3.63, 3.8) is 0 Å². The maximum Gasteiger partial charge on any atom is 0.244 e. The monoisotopic (exact) mass is 346 g/mol. The molecule has 106 valence electrons. The van der Waals surface area contributed by atoms with Crippen molar-refractivity contribution in [3.8, 4) is 0 Å². The van der Waals surface area contributed by atoms with E-state index in [0.717, 1.165) is 47.0 Å². The largest absolute Gasteiger partial charge is 0.324 e. The molecule has 3 nitrogen and oxygen atoms in total. The second-order valence-corrected chi connectivity index (χ2v) is 6.03. The zero-order valence-electron chi connectivity index (χ0n) is 11.3. The summed E-state index contributed by atoms with van der Waals surface area (Å²) in [6, 6.07) is 3.93. The quantitative estimate of drug-likeness (QED) is 0.857. The zero-order valence-corrected chi connectivity index (χ0v) is 13.7. The van der Waals surface area contributed by atoms with Crippen LogP contribution in [0.3, 0.4) is 0 Å². The molecule has 1 saturated carbocycles. The highest BCUT2D eigenvalue weighted by Gasteiger charge is 2.36. The molecule has 19 heavy (non-hydrogen) atoms. The van der Waals surface area contributed by atoms with Gasteiger partial charge in [0.25, 0.3) is 0 Å². The second kappa shape index (κ2) is 6.25. The molecular weight excluding hydrogens is 328 g/mol. The lowest BCUT2D eigenvalue weighted by Crippen LogP contribution is -2.48. The number of anilines is 1. The van der Waals surface area contributed by atoms with Crippen molar-refractivity contribution in [3.05, 3.63) is 27.7 Å². The van der Waals surface area contributed by atoms with Crippen LogP contribution in [0.4, 0.5) is 5.69 Å². The summed E-state index contributed by atoms with van der Waals surface area (Å²) in [6.45, 7) is 4.03. The Morgan fingerprint density at radius 3 is 2.21 bits per heavy atom. The van der Waals surface area contributed by atoms with Crippen molar-refractivity contribution >= 4 is 39.9 Å². The highest BCUT2D eigenvalue weighted by molar-refractivity contribution is 9.10. The Morgan fingerprint density at radius 2 is 1.74 bits per heavy atom. The molecule has 1 aliphatic carbocycles. The van der Waals surface area contributed by atoms with Crippen LogP contribution >= 0.6 is 28.3 Å². The van der Waals surface area contributed by atoms with Crippen molar-refractivity contribution in [2.24, 2.45) is 5.73 Å². The Hall–Kier alpha value is -0.580. The molecule has 0 bridgehead atoms. The fraction of sp³-hybridized carbons (Fsp3) is 0.500. The zero-order chi connectivity index (χ0) is 13.3. The van der Waals surface area contributed by atoms with E-state index in [1.165, 1.54) is 0 Å². The Balaban J connectivity index is 0.00000180. The summed E-state index contributed by atoms with van der Waals surface area (Å²) >= 11 is 3.52. The number of hydrogen-bond acceptors (Lipinski definition) is 2. The number of aryl methyl sites for hydroxylation is 2. The van der Waals surface area contributed by atoms with E-state index in [9.17, 15) is 4.79 Å². The molecule has 0 heterocycles. The smallest absolute Gasteiger partial charge is 0.244 e. The van der Waals surface area contributed by atoms with Crippen LogP contribution in [-0.2, 0) is 4.79 Å². The summed E-state index contributed by atoms with van der Waals surface area (Å²) in [5, 5.41) is 2.95. The molecule has 0 spiro atoms. The van der Waals surface area contributed by atoms with Gasteiger partial charge < -0.3 is 11.1 Å². The molecule has 1 fully saturated rings. The minimum Gasteiger partial charge on any atom is -0.324 e. The fourth-order valence-electron chi connectivity index (χ4n) is 2.51. The summed E-state index contributed by atoms with van der Waals surface area (Å²) in [6.07, 6.45) is 3.66. The number of halogens is 2. The summed E-state index contributed by atoms with van der Waals surface area (Å²) in [5.41, 5.74) is 8.52. The van der Waals surface area contributed by atoms with Gasteiger partial charge in [0.15, 0.2) is 0 Å². The first-order valence-corrected chi connectivity index (χ1v) is 7.09. The molecule has 1 aromatic rings. The molecule has 1 aliphatic rings. The highest BCUT2D eigenvalue weighted by Crippen LogP contribution is 2.30. The van der Waals surface area contributed by atoms with E-state index in [4.69, 9.17) is 5.73 Å².